The number of hydrogen-bond donors (Lipinski definition) is 0. The van der Waals surface area contributed by atoms with Crippen molar-refractivity contribution < 1.29 is 9.53 Å². The van der Waals surface area contributed by atoms with Crippen molar-refractivity contribution in [3.63, 3.8) is 0 Å². The first kappa shape index (κ1) is 16.4. The Labute approximate surface area is 148 Å². The Balaban J connectivity index is 1.79. The summed E-state index contributed by atoms with van der Waals surface area (Å²) in [4.78, 5) is 12.3. The fourth-order valence-electron chi connectivity index (χ4n) is 2.32. The third-order valence-corrected chi connectivity index (χ3v) is 4.58. The molecule has 0 aliphatic rings. The van der Waals surface area contributed by atoms with E-state index in [-0.39, 0.29) is 12.3 Å². The topological polar surface area (TPSA) is 57.0 Å². The van der Waals surface area contributed by atoms with Gasteiger partial charge in [0, 0.05) is 4.47 Å². The molecule has 0 saturated heterocycles. The first-order valence-corrected chi connectivity index (χ1v) is 8.25. The Morgan fingerprint density at radius 3 is 2.62 bits per heavy atom. The molecule has 0 atom stereocenters. The van der Waals surface area contributed by atoms with E-state index in [2.05, 4.69) is 26.2 Å². The summed E-state index contributed by atoms with van der Waals surface area (Å²) in [7, 11) is 0. The zero-order chi connectivity index (χ0) is 17.1. The lowest BCUT2D eigenvalue weighted by molar-refractivity contribution is 0.0464. The van der Waals surface area contributed by atoms with Crippen LogP contribution in [-0.4, -0.2) is 21.0 Å². The molecular formula is C18H16BrN3O2. The minimum atomic E-state index is -0.476. The molecular weight excluding hydrogens is 370 g/mol. The Bertz CT molecular complexity index is 875. The second kappa shape index (κ2) is 6.97. The molecule has 0 amide bonds. The van der Waals surface area contributed by atoms with Crippen molar-refractivity contribution in [2.24, 2.45) is 0 Å². The van der Waals surface area contributed by atoms with Gasteiger partial charge >= 0.3 is 5.97 Å². The maximum absolute atomic E-state index is 12.3. The van der Waals surface area contributed by atoms with Crippen molar-refractivity contribution in [2.45, 2.75) is 20.5 Å². The van der Waals surface area contributed by atoms with Gasteiger partial charge < -0.3 is 4.74 Å². The van der Waals surface area contributed by atoms with Crippen LogP contribution in [0.25, 0.3) is 5.69 Å². The molecule has 122 valence electrons. The number of halogens is 1. The maximum atomic E-state index is 12.3. The molecule has 24 heavy (non-hydrogen) atoms. The number of rotatable bonds is 4. The Morgan fingerprint density at radius 1 is 1.17 bits per heavy atom. The molecule has 0 spiro atoms. The molecule has 0 aliphatic heterocycles. The van der Waals surface area contributed by atoms with Crippen LogP contribution in [0.1, 0.15) is 27.3 Å². The molecule has 1 heterocycles. The summed E-state index contributed by atoms with van der Waals surface area (Å²) in [6.45, 7) is 4.01. The second-order valence-corrected chi connectivity index (χ2v) is 6.28. The molecule has 0 N–H and O–H groups in total. The van der Waals surface area contributed by atoms with E-state index in [1.165, 1.54) is 0 Å². The maximum Gasteiger partial charge on any atom is 0.361 e. The number of benzene rings is 2. The van der Waals surface area contributed by atoms with Gasteiger partial charge in [-0.25, -0.2) is 9.48 Å². The van der Waals surface area contributed by atoms with Gasteiger partial charge in [0.1, 0.15) is 6.61 Å². The van der Waals surface area contributed by atoms with Crippen molar-refractivity contribution in [1.82, 2.24) is 15.0 Å². The van der Waals surface area contributed by atoms with Crippen LogP contribution in [0.4, 0.5) is 0 Å². The highest BCUT2D eigenvalue weighted by molar-refractivity contribution is 9.10. The van der Waals surface area contributed by atoms with Crippen LogP contribution < -0.4 is 0 Å². The van der Waals surface area contributed by atoms with Crippen molar-refractivity contribution in [1.29, 1.82) is 0 Å². The number of hydrogen-bond acceptors (Lipinski definition) is 4. The molecule has 0 saturated carbocycles. The molecule has 0 bridgehead atoms. The SMILES string of the molecule is Cc1cc(-n2nnc(C(=O)OCc3ccccc3)c2C)ccc1Br. The van der Waals surface area contributed by atoms with Crippen LogP contribution in [0.2, 0.25) is 0 Å². The van der Waals surface area contributed by atoms with Crippen molar-refractivity contribution in [3.8, 4) is 5.69 Å². The summed E-state index contributed by atoms with van der Waals surface area (Å²) in [5, 5.41) is 8.07. The summed E-state index contributed by atoms with van der Waals surface area (Å²) in [5.74, 6) is -0.476. The van der Waals surface area contributed by atoms with Gasteiger partial charge in [-0.05, 0) is 43.2 Å². The third kappa shape index (κ3) is 3.38. The van der Waals surface area contributed by atoms with E-state index < -0.39 is 5.97 Å². The van der Waals surface area contributed by atoms with Gasteiger partial charge in [0.25, 0.3) is 0 Å². The first-order chi connectivity index (χ1) is 11.6. The highest BCUT2D eigenvalue weighted by atomic mass is 79.9. The van der Waals surface area contributed by atoms with Crippen molar-refractivity contribution in [3.05, 3.63) is 75.5 Å². The number of aromatic nitrogens is 3. The minimum absolute atomic E-state index is 0.212. The average molecular weight is 386 g/mol. The second-order valence-electron chi connectivity index (χ2n) is 5.43. The normalized spacial score (nSPS) is 10.6. The summed E-state index contributed by atoms with van der Waals surface area (Å²) < 4.78 is 7.98. The molecule has 3 rings (SSSR count). The van der Waals surface area contributed by atoms with Gasteiger partial charge in [0.2, 0.25) is 0 Å². The lowest BCUT2D eigenvalue weighted by Gasteiger charge is -2.06. The molecule has 0 unspecified atom stereocenters. The van der Waals surface area contributed by atoms with E-state index in [0.29, 0.717) is 5.69 Å². The Morgan fingerprint density at radius 2 is 1.92 bits per heavy atom. The number of nitrogens with zero attached hydrogens (tertiary/aromatic N) is 3. The van der Waals surface area contributed by atoms with Crippen LogP contribution in [0, 0.1) is 13.8 Å². The molecule has 1 aromatic heterocycles. The highest BCUT2D eigenvalue weighted by Gasteiger charge is 2.19. The van der Waals surface area contributed by atoms with Crippen LogP contribution in [-0.2, 0) is 11.3 Å². The van der Waals surface area contributed by atoms with Crippen molar-refractivity contribution >= 4 is 21.9 Å². The minimum Gasteiger partial charge on any atom is -0.456 e. The lowest BCUT2D eigenvalue weighted by Crippen LogP contribution is -2.08. The standard InChI is InChI=1S/C18H16BrN3O2/c1-12-10-15(8-9-16(12)19)22-13(2)17(20-21-22)18(23)24-11-14-6-4-3-5-7-14/h3-10H,11H2,1-2H3. The fraction of sp³-hybridized carbons (Fsp3) is 0.167. The zero-order valence-electron chi connectivity index (χ0n) is 13.4. The highest BCUT2D eigenvalue weighted by Crippen LogP contribution is 2.20. The summed E-state index contributed by atoms with van der Waals surface area (Å²) in [6, 6.07) is 15.4. The number of ether oxygens (including phenoxy) is 1. The molecule has 5 nitrogen and oxygen atoms in total. The predicted octanol–water partition coefficient (Wildman–Crippen LogP) is 4.00. The fourth-order valence-corrected chi connectivity index (χ4v) is 2.56. The molecule has 6 heteroatoms. The van der Waals surface area contributed by atoms with E-state index in [4.69, 9.17) is 4.74 Å². The molecule has 0 radical (unpaired) electrons. The molecule has 0 aliphatic carbocycles. The molecule has 2 aromatic carbocycles. The molecule has 0 fully saturated rings. The van der Waals surface area contributed by atoms with Gasteiger partial charge in [-0.2, -0.15) is 0 Å². The summed E-state index contributed by atoms with van der Waals surface area (Å²) in [6.07, 6.45) is 0. The number of carbonyl (C=O) groups excluding carboxylic acids is 1. The first-order valence-electron chi connectivity index (χ1n) is 7.46. The summed E-state index contributed by atoms with van der Waals surface area (Å²) >= 11 is 3.47. The smallest absolute Gasteiger partial charge is 0.361 e. The average Bonchev–Trinajstić information content (AvgIpc) is 2.98. The quantitative estimate of drug-likeness (QED) is 0.636. The van der Waals surface area contributed by atoms with E-state index in [9.17, 15) is 4.79 Å². The molecule has 3 aromatic rings. The number of aryl methyl sites for hydroxylation is 1. The van der Waals surface area contributed by atoms with E-state index in [1.54, 1.807) is 11.6 Å². The largest absolute Gasteiger partial charge is 0.456 e. The number of carbonyl (C=O) groups is 1. The summed E-state index contributed by atoms with van der Waals surface area (Å²) in [5.41, 5.74) is 3.74. The van der Waals surface area contributed by atoms with Crippen LogP contribution in [0.3, 0.4) is 0 Å². The van der Waals surface area contributed by atoms with Gasteiger partial charge in [-0.3, -0.25) is 0 Å². The van der Waals surface area contributed by atoms with Gasteiger partial charge in [0.15, 0.2) is 5.69 Å². The van der Waals surface area contributed by atoms with Crippen molar-refractivity contribution in [2.75, 3.05) is 0 Å². The Kier molecular flexibility index (Phi) is 4.76. The monoisotopic (exact) mass is 385 g/mol. The van der Waals surface area contributed by atoms with Crippen LogP contribution in [0.15, 0.2) is 53.0 Å². The third-order valence-electron chi connectivity index (χ3n) is 3.69. The lowest BCUT2D eigenvalue weighted by atomic mass is 10.2. The van der Waals surface area contributed by atoms with E-state index in [0.717, 1.165) is 21.3 Å². The van der Waals surface area contributed by atoms with Gasteiger partial charge in [-0.15, -0.1) is 5.10 Å². The van der Waals surface area contributed by atoms with Crippen LogP contribution in [0.5, 0.6) is 0 Å². The van der Waals surface area contributed by atoms with E-state index >= 15 is 0 Å². The van der Waals surface area contributed by atoms with Gasteiger partial charge in [-0.1, -0.05) is 51.5 Å². The van der Waals surface area contributed by atoms with E-state index in [1.807, 2.05) is 55.5 Å². The number of esters is 1. The Hall–Kier alpha value is -2.47. The zero-order valence-corrected chi connectivity index (χ0v) is 14.9. The predicted molar refractivity (Wildman–Crippen MR) is 94.1 cm³/mol. The van der Waals surface area contributed by atoms with Crippen LogP contribution >= 0.6 is 15.9 Å². The van der Waals surface area contributed by atoms with Gasteiger partial charge in [0.05, 0.1) is 11.4 Å².